The van der Waals surface area contributed by atoms with E-state index in [1.807, 2.05) is 17.4 Å². The van der Waals surface area contributed by atoms with Gasteiger partial charge in [0.25, 0.3) is 0 Å². The van der Waals surface area contributed by atoms with E-state index in [0.29, 0.717) is 5.82 Å². The maximum absolute atomic E-state index is 5.19. The van der Waals surface area contributed by atoms with Crippen molar-refractivity contribution in [2.75, 3.05) is 0 Å². The Balaban J connectivity index is 0.994. The highest BCUT2D eigenvalue weighted by molar-refractivity contribution is 7.25. The minimum absolute atomic E-state index is 0.705. The van der Waals surface area contributed by atoms with Crippen molar-refractivity contribution in [1.82, 2.24) is 9.97 Å². The van der Waals surface area contributed by atoms with Crippen LogP contribution in [0.3, 0.4) is 0 Å². The number of aromatic nitrogens is 2. The molecular formula is C52H32N2S. The van der Waals surface area contributed by atoms with Gasteiger partial charge in [-0.15, -0.1) is 11.3 Å². The van der Waals surface area contributed by atoms with Crippen molar-refractivity contribution in [2.45, 2.75) is 0 Å². The van der Waals surface area contributed by atoms with Gasteiger partial charge in [-0.05, 0) is 78.8 Å². The van der Waals surface area contributed by atoms with Gasteiger partial charge < -0.3 is 0 Å². The first-order chi connectivity index (χ1) is 27.2. The predicted molar refractivity (Wildman–Crippen MR) is 235 cm³/mol. The molecule has 0 aliphatic heterocycles. The average Bonchev–Trinajstić information content (AvgIpc) is 3.64. The van der Waals surface area contributed by atoms with Gasteiger partial charge in [0.1, 0.15) is 0 Å². The van der Waals surface area contributed by atoms with Gasteiger partial charge in [0.05, 0.1) is 11.4 Å². The minimum Gasteiger partial charge on any atom is -0.228 e. The zero-order chi connectivity index (χ0) is 36.3. The second kappa shape index (κ2) is 12.9. The predicted octanol–water partition coefficient (Wildman–Crippen LogP) is 14.6. The first kappa shape index (κ1) is 31.6. The summed E-state index contributed by atoms with van der Waals surface area (Å²) < 4.78 is 2.63. The van der Waals surface area contributed by atoms with E-state index in [1.54, 1.807) is 0 Å². The van der Waals surface area contributed by atoms with Gasteiger partial charge in [-0.2, -0.15) is 0 Å². The number of hydrogen-bond acceptors (Lipinski definition) is 3. The fourth-order valence-electron chi connectivity index (χ4n) is 8.14. The third-order valence-corrected chi connectivity index (χ3v) is 12.0. The molecule has 0 bridgehead atoms. The van der Waals surface area contributed by atoms with Crippen molar-refractivity contribution in [3.8, 4) is 56.2 Å². The van der Waals surface area contributed by atoms with Crippen LogP contribution in [0, 0.1) is 0 Å². The molecule has 2 nitrogen and oxygen atoms in total. The summed E-state index contributed by atoms with van der Waals surface area (Å²) in [4.78, 5) is 10.3. The number of hydrogen-bond donors (Lipinski definition) is 0. The lowest BCUT2D eigenvalue weighted by molar-refractivity contribution is 1.18. The fraction of sp³-hybridized carbons (Fsp3) is 0. The topological polar surface area (TPSA) is 25.8 Å². The Labute approximate surface area is 322 Å². The Morgan fingerprint density at radius 2 is 0.855 bits per heavy atom. The molecule has 2 aromatic heterocycles. The first-order valence-electron chi connectivity index (χ1n) is 18.6. The molecule has 55 heavy (non-hydrogen) atoms. The van der Waals surface area contributed by atoms with E-state index in [9.17, 15) is 0 Å². The van der Waals surface area contributed by atoms with E-state index >= 15 is 0 Å². The molecule has 0 amide bonds. The van der Waals surface area contributed by atoms with Crippen LogP contribution in [0.2, 0.25) is 0 Å². The zero-order valence-corrected chi connectivity index (χ0v) is 30.6. The Hall–Kier alpha value is -6.94. The molecule has 0 radical (unpaired) electrons. The smallest absolute Gasteiger partial charge is 0.160 e. The molecule has 0 unspecified atom stereocenters. The fourth-order valence-corrected chi connectivity index (χ4v) is 9.28. The molecule has 0 spiro atoms. The molecule has 0 aliphatic rings. The maximum Gasteiger partial charge on any atom is 0.160 e. The molecule has 11 aromatic rings. The summed E-state index contributed by atoms with van der Waals surface area (Å²) >= 11 is 1.85. The highest BCUT2D eigenvalue weighted by Gasteiger charge is 2.15. The summed E-state index contributed by atoms with van der Waals surface area (Å²) in [6, 6.07) is 69.8. The second-order valence-corrected chi connectivity index (χ2v) is 15.2. The van der Waals surface area contributed by atoms with E-state index in [-0.39, 0.29) is 0 Å². The van der Waals surface area contributed by atoms with Gasteiger partial charge in [-0.3, -0.25) is 0 Å². The third kappa shape index (κ3) is 5.48. The van der Waals surface area contributed by atoms with Crippen LogP contribution in [0.15, 0.2) is 194 Å². The van der Waals surface area contributed by atoms with Gasteiger partial charge in [-0.1, -0.05) is 170 Å². The summed E-state index contributed by atoms with van der Waals surface area (Å²) in [7, 11) is 0. The Kier molecular flexibility index (Phi) is 7.39. The molecule has 9 aromatic carbocycles. The van der Waals surface area contributed by atoms with Crippen molar-refractivity contribution in [3.05, 3.63) is 194 Å². The van der Waals surface area contributed by atoms with E-state index < -0.39 is 0 Å². The standard InChI is InChI=1S/C52H32N2S/c1-2-11-35(12-3-1)47-32-48(36-20-18-33(19-21-36)39-27-28-44-43-16-8-9-17-49(43)55-50(44)31-39)54-52(53-47)38-24-22-37(23-25-38)51-42-15-7-5-13-40(42)30-46-41-14-6-4-10-34(41)26-29-45(46)51/h1-32H. The Bertz CT molecular complexity index is 3230. The molecule has 0 atom stereocenters. The van der Waals surface area contributed by atoms with Crippen molar-refractivity contribution in [2.24, 2.45) is 0 Å². The summed E-state index contributed by atoms with van der Waals surface area (Å²) in [5.74, 6) is 0.705. The van der Waals surface area contributed by atoms with E-state index in [1.165, 1.54) is 74.7 Å². The lowest BCUT2D eigenvalue weighted by atomic mass is 9.89. The van der Waals surface area contributed by atoms with Gasteiger partial charge >= 0.3 is 0 Å². The molecule has 2 heterocycles. The van der Waals surface area contributed by atoms with Gasteiger partial charge in [-0.25, -0.2) is 9.97 Å². The van der Waals surface area contributed by atoms with E-state index in [0.717, 1.165) is 28.1 Å². The highest BCUT2D eigenvalue weighted by atomic mass is 32.1. The number of rotatable bonds is 5. The highest BCUT2D eigenvalue weighted by Crippen LogP contribution is 2.41. The van der Waals surface area contributed by atoms with Gasteiger partial charge in [0.15, 0.2) is 5.82 Å². The lowest BCUT2D eigenvalue weighted by Gasteiger charge is -2.15. The molecular weight excluding hydrogens is 685 g/mol. The van der Waals surface area contributed by atoms with Crippen molar-refractivity contribution >= 4 is 63.8 Å². The number of fused-ring (bicyclic) bond motifs is 7. The van der Waals surface area contributed by atoms with Crippen molar-refractivity contribution in [1.29, 1.82) is 0 Å². The van der Waals surface area contributed by atoms with Crippen LogP contribution in [0.1, 0.15) is 0 Å². The largest absolute Gasteiger partial charge is 0.228 e. The maximum atomic E-state index is 5.19. The lowest BCUT2D eigenvalue weighted by Crippen LogP contribution is -1.96. The van der Waals surface area contributed by atoms with Crippen LogP contribution in [0.25, 0.3) is 109 Å². The van der Waals surface area contributed by atoms with Crippen molar-refractivity contribution < 1.29 is 0 Å². The number of nitrogens with zero attached hydrogens (tertiary/aromatic N) is 2. The van der Waals surface area contributed by atoms with Crippen LogP contribution in [-0.4, -0.2) is 9.97 Å². The number of thiophene rings is 1. The zero-order valence-electron chi connectivity index (χ0n) is 29.8. The average molecular weight is 717 g/mol. The van der Waals surface area contributed by atoms with Crippen molar-refractivity contribution in [3.63, 3.8) is 0 Å². The summed E-state index contributed by atoms with van der Waals surface area (Å²) in [6.07, 6.45) is 0. The molecule has 0 N–H and O–H groups in total. The van der Waals surface area contributed by atoms with Gasteiger partial charge in [0.2, 0.25) is 0 Å². The Morgan fingerprint density at radius 3 is 1.65 bits per heavy atom. The summed E-state index contributed by atoms with van der Waals surface area (Å²) in [5.41, 5.74) is 9.70. The van der Waals surface area contributed by atoms with E-state index in [4.69, 9.17) is 9.97 Å². The van der Waals surface area contributed by atoms with Crippen LogP contribution >= 0.6 is 11.3 Å². The molecule has 0 saturated heterocycles. The monoisotopic (exact) mass is 716 g/mol. The molecule has 11 rings (SSSR count). The summed E-state index contributed by atoms with van der Waals surface area (Å²) in [6.45, 7) is 0. The summed E-state index contributed by atoms with van der Waals surface area (Å²) in [5, 5.41) is 10.2. The molecule has 0 saturated carbocycles. The minimum atomic E-state index is 0.705. The van der Waals surface area contributed by atoms with Crippen LogP contribution < -0.4 is 0 Å². The van der Waals surface area contributed by atoms with Crippen LogP contribution in [0.5, 0.6) is 0 Å². The molecule has 0 aliphatic carbocycles. The Morgan fingerprint density at radius 1 is 0.291 bits per heavy atom. The van der Waals surface area contributed by atoms with Crippen LogP contribution in [-0.2, 0) is 0 Å². The third-order valence-electron chi connectivity index (χ3n) is 10.9. The molecule has 256 valence electrons. The SMILES string of the molecule is c1ccc(-c2cc(-c3ccc(-c4ccc5c(c4)sc4ccccc45)cc3)nc(-c3ccc(-c4c5ccccc5cc5c4ccc4ccccc45)cc3)n2)cc1. The molecule has 0 fully saturated rings. The second-order valence-electron chi connectivity index (χ2n) is 14.1. The number of benzene rings is 9. The first-order valence-corrected chi connectivity index (χ1v) is 19.5. The molecule has 3 heteroatoms. The van der Waals surface area contributed by atoms with Crippen LogP contribution in [0.4, 0.5) is 0 Å². The van der Waals surface area contributed by atoms with E-state index in [2.05, 4.69) is 188 Å². The quantitative estimate of drug-likeness (QED) is 0.131. The normalized spacial score (nSPS) is 11.6. The van der Waals surface area contributed by atoms with Gasteiger partial charge in [0, 0.05) is 36.9 Å².